The Hall–Kier alpha value is -2.92. The molecule has 5 rings (SSSR count). The summed E-state index contributed by atoms with van der Waals surface area (Å²) in [5.41, 5.74) is 1.09. The van der Waals surface area contributed by atoms with Crippen molar-refractivity contribution in [3.63, 3.8) is 0 Å². The van der Waals surface area contributed by atoms with E-state index < -0.39 is 0 Å². The standard InChI is InChI=1S/C21H18NO4.ClH/c1-22-20-15(14-7-5-13(23-2)9-17(14)21(22)24-3)6-4-12-8-18-19(10-16(12)20)26-11-25-18;/h4-10H,11H2,1-3H3;1H/q+1;/p-1. The van der Waals surface area contributed by atoms with Gasteiger partial charge in [0.15, 0.2) is 11.5 Å². The van der Waals surface area contributed by atoms with Crippen LogP contribution in [0.5, 0.6) is 23.1 Å². The minimum Gasteiger partial charge on any atom is -1.00 e. The first-order chi connectivity index (χ1) is 12.7. The van der Waals surface area contributed by atoms with Gasteiger partial charge in [0.25, 0.3) is 0 Å². The van der Waals surface area contributed by atoms with Crippen molar-refractivity contribution >= 4 is 32.4 Å². The quantitative estimate of drug-likeness (QED) is 0.378. The fourth-order valence-electron chi connectivity index (χ4n) is 3.87. The Balaban J connectivity index is 0.00000180. The minimum atomic E-state index is 0. The molecule has 0 fully saturated rings. The van der Waals surface area contributed by atoms with Gasteiger partial charge in [-0.1, -0.05) is 6.07 Å². The van der Waals surface area contributed by atoms with E-state index in [0.717, 1.165) is 55.6 Å². The number of hydrogen-bond donors (Lipinski definition) is 0. The summed E-state index contributed by atoms with van der Waals surface area (Å²) in [7, 11) is 5.38. The van der Waals surface area contributed by atoms with Crippen LogP contribution in [0.2, 0.25) is 0 Å². The highest BCUT2D eigenvalue weighted by molar-refractivity contribution is 6.15. The maximum absolute atomic E-state index is 5.76. The molecule has 5 nitrogen and oxygen atoms in total. The van der Waals surface area contributed by atoms with Crippen LogP contribution in [-0.4, -0.2) is 21.0 Å². The van der Waals surface area contributed by atoms with Crippen LogP contribution in [0.3, 0.4) is 0 Å². The summed E-state index contributed by atoms with van der Waals surface area (Å²) in [5, 5.41) is 5.49. The van der Waals surface area contributed by atoms with Gasteiger partial charge < -0.3 is 31.4 Å². The van der Waals surface area contributed by atoms with Crippen LogP contribution in [-0.2, 0) is 7.05 Å². The first-order valence-electron chi connectivity index (χ1n) is 8.41. The second kappa shape index (κ2) is 6.35. The molecule has 0 aliphatic carbocycles. The lowest BCUT2D eigenvalue weighted by atomic mass is 10.00. The van der Waals surface area contributed by atoms with Crippen molar-refractivity contribution < 1.29 is 35.9 Å². The van der Waals surface area contributed by atoms with E-state index in [1.54, 1.807) is 14.2 Å². The van der Waals surface area contributed by atoms with Crippen LogP contribution in [0.1, 0.15) is 0 Å². The van der Waals surface area contributed by atoms with Crippen LogP contribution in [0.25, 0.3) is 32.4 Å². The molecule has 1 aliphatic heterocycles. The Labute approximate surface area is 162 Å². The molecule has 1 aromatic heterocycles. The number of aryl methyl sites for hydroxylation is 1. The number of benzene rings is 3. The van der Waals surface area contributed by atoms with Gasteiger partial charge in [0.05, 0.1) is 30.4 Å². The number of nitrogens with zero attached hydrogens (tertiary/aromatic N) is 1. The number of pyridine rings is 1. The topological polar surface area (TPSA) is 40.8 Å². The Morgan fingerprint density at radius 2 is 1.56 bits per heavy atom. The lowest BCUT2D eigenvalue weighted by Gasteiger charge is -2.11. The minimum absolute atomic E-state index is 0. The lowest BCUT2D eigenvalue weighted by Crippen LogP contribution is -3.00. The molecule has 0 unspecified atom stereocenters. The van der Waals surface area contributed by atoms with Crippen LogP contribution in [0.15, 0.2) is 42.5 Å². The van der Waals surface area contributed by atoms with Crippen LogP contribution in [0.4, 0.5) is 0 Å². The molecule has 0 N–H and O–H groups in total. The first-order valence-corrected chi connectivity index (χ1v) is 8.41. The van der Waals surface area contributed by atoms with Crippen LogP contribution in [0, 0.1) is 0 Å². The second-order valence-electron chi connectivity index (χ2n) is 6.37. The zero-order chi connectivity index (χ0) is 17.8. The largest absolute Gasteiger partial charge is 1.00 e. The third-order valence-corrected chi connectivity index (χ3v) is 5.07. The summed E-state index contributed by atoms with van der Waals surface area (Å²) < 4.78 is 24.4. The molecule has 0 bridgehead atoms. The van der Waals surface area contributed by atoms with Gasteiger partial charge in [-0.3, -0.25) is 0 Å². The van der Waals surface area contributed by atoms with E-state index in [2.05, 4.69) is 28.8 Å². The van der Waals surface area contributed by atoms with E-state index in [9.17, 15) is 0 Å². The molecule has 0 amide bonds. The number of rotatable bonds is 2. The molecule has 3 aromatic carbocycles. The molecular formula is C21H18ClNO4. The number of fused-ring (bicyclic) bond motifs is 6. The summed E-state index contributed by atoms with van der Waals surface area (Å²) in [6, 6.07) is 14.4. The zero-order valence-electron chi connectivity index (χ0n) is 15.2. The van der Waals surface area contributed by atoms with Gasteiger partial charge in [0.2, 0.25) is 12.3 Å². The van der Waals surface area contributed by atoms with E-state index in [1.165, 1.54) is 0 Å². The maximum atomic E-state index is 5.76. The highest BCUT2D eigenvalue weighted by Crippen LogP contribution is 2.40. The fraction of sp³-hybridized carbons (Fsp3) is 0.190. The average Bonchev–Trinajstić information content (AvgIpc) is 3.13. The molecule has 27 heavy (non-hydrogen) atoms. The van der Waals surface area contributed by atoms with Gasteiger partial charge in [-0.2, -0.15) is 4.57 Å². The molecule has 0 spiro atoms. The van der Waals surface area contributed by atoms with Crippen molar-refractivity contribution in [2.24, 2.45) is 7.05 Å². The predicted octanol–water partition coefficient (Wildman–Crippen LogP) is 0.721. The second-order valence-corrected chi connectivity index (χ2v) is 6.37. The van der Waals surface area contributed by atoms with Crippen molar-refractivity contribution in [2.45, 2.75) is 0 Å². The summed E-state index contributed by atoms with van der Waals surface area (Å²) in [6.07, 6.45) is 0. The number of methoxy groups -OCH3 is 2. The highest BCUT2D eigenvalue weighted by atomic mass is 35.5. The molecular weight excluding hydrogens is 366 g/mol. The van der Waals surface area contributed by atoms with Gasteiger partial charge in [0.1, 0.15) is 12.8 Å². The molecule has 1 aliphatic rings. The Kier molecular flexibility index (Phi) is 4.12. The van der Waals surface area contributed by atoms with Gasteiger partial charge in [-0.15, -0.1) is 0 Å². The van der Waals surface area contributed by atoms with Crippen molar-refractivity contribution in [1.29, 1.82) is 0 Å². The average molecular weight is 384 g/mol. The lowest BCUT2D eigenvalue weighted by molar-refractivity contribution is -0.648. The molecule has 0 saturated heterocycles. The third kappa shape index (κ3) is 2.42. The molecule has 0 atom stereocenters. The van der Waals surface area contributed by atoms with E-state index in [0.29, 0.717) is 0 Å². The Bertz CT molecular complexity index is 1210. The first kappa shape index (κ1) is 17.5. The van der Waals surface area contributed by atoms with E-state index in [-0.39, 0.29) is 19.2 Å². The van der Waals surface area contributed by atoms with Gasteiger partial charge in [-0.25, -0.2) is 0 Å². The molecule has 2 heterocycles. The summed E-state index contributed by atoms with van der Waals surface area (Å²) in [5.74, 6) is 3.16. The molecule has 138 valence electrons. The predicted molar refractivity (Wildman–Crippen MR) is 99.4 cm³/mol. The van der Waals surface area contributed by atoms with Crippen LogP contribution < -0.4 is 35.9 Å². The van der Waals surface area contributed by atoms with E-state index >= 15 is 0 Å². The zero-order valence-corrected chi connectivity index (χ0v) is 16.0. The van der Waals surface area contributed by atoms with Crippen molar-refractivity contribution in [3.05, 3.63) is 42.5 Å². The monoisotopic (exact) mass is 383 g/mol. The van der Waals surface area contributed by atoms with Gasteiger partial charge >= 0.3 is 5.88 Å². The summed E-state index contributed by atoms with van der Waals surface area (Å²) in [4.78, 5) is 0. The normalized spacial score (nSPS) is 12.4. The number of halogens is 1. The molecule has 0 radical (unpaired) electrons. The smallest absolute Gasteiger partial charge is 0.376 e. The number of ether oxygens (including phenoxy) is 4. The van der Waals surface area contributed by atoms with Crippen molar-refractivity contribution in [2.75, 3.05) is 21.0 Å². The van der Waals surface area contributed by atoms with Gasteiger partial charge in [-0.05, 0) is 41.8 Å². The van der Waals surface area contributed by atoms with E-state index in [1.807, 2.05) is 25.2 Å². The third-order valence-electron chi connectivity index (χ3n) is 5.07. The van der Waals surface area contributed by atoms with Crippen LogP contribution >= 0.6 is 0 Å². The summed E-state index contributed by atoms with van der Waals surface area (Å²) >= 11 is 0. The van der Waals surface area contributed by atoms with E-state index in [4.69, 9.17) is 18.9 Å². The Morgan fingerprint density at radius 1 is 0.815 bits per heavy atom. The van der Waals surface area contributed by atoms with Gasteiger partial charge in [0, 0.05) is 5.39 Å². The molecule has 0 saturated carbocycles. The number of hydrogen-bond acceptors (Lipinski definition) is 4. The molecule has 6 heteroatoms. The number of aromatic nitrogens is 1. The maximum Gasteiger partial charge on any atom is 0.376 e. The van der Waals surface area contributed by atoms with Crippen molar-refractivity contribution in [1.82, 2.24) is 0 Å². The Morgan fingerprint density at radius 3 is 2.30 bits per heavy atom. The highest BCUT2D eigenvalue weighted by Gasteiger charge is 2.24. The fourth-order valence-corrected chi connectivity index (χ4v) is 3.87. The molecule has 4 aromatic rings. The SMILES string of the molecule is COc1ccc2c(c1)c(OC)[n+](C)c1c3cc4c(cc3ccc21)OCO4.[Cl-]. The summed E-state index contributed by atoms with van der Waals surface area (Å²) in [6.45, 7) is 0.266. The van der Waals surface area contributed by atoms with Crippen molar-refractivity contribution in [3.8, 4) is 23.1 Å².